The third kappa shape index (κ3) is 3.16. The molecule has 0 aromatic rings. The van der Waals surface area contributed by atoms with Gasteiger partial charge in [-0.3, -0.25) is 4.90 Å². The molecule has 1 amide bonds. The van der Waals surface area contributed by atoms with Crippen molar-refractivity contribution in [3.63, 3.8) is 0 Å². The number of esters is 1. The normalized spacial score (nSPS) is 22.8. The highest BCUT2D eigenvalue weighted by atomic mass is 16.6. The maximum Gasteiger partial charge on any atom is 0.411 e. The predicted molar refractivity (Wildman–Crippen MR) is 67.2 cm³/mol. The number of ether oxygens (including phenoxy) is 2. The fourth-order valence-electron chi connectivity index (χ4n) is 2.25. The van der Waals surface area contributed by atoms with E-state index in [0.717, 1.165) is 0 Å². The lowest BCUT2D eigenvalue weighted by Crippen LogP contribution is -2.54. The largest absolute Gasteiger partial charge is 0.467 e. The van der Waals surface area contributed by atoms with E-state index in [1.54, 1.807) is 20.8 Å². The molecule has 1 heterocycles. The number of amides is 1. The van der Waals surface area contributed by atoms with Gasteiger partial charge in [0, 0.05) is 6.54 Å². The van der Waals surface area contributed by atoms with E-state index >= 15 is 0 Å². The Balaban J connectivity index is 3.01. The van der Waals surface area contributed by atoms with Gasteiger partial charge in [-0.25, -0.2) is 9.59 Å². The Bertz CT molecular complexity index is 408. The van der Waals surface area contributed by atoms with Crippen LogP contribution < -0.4 is 0 Å². The van der Waals surface area contributed by atoms with Crippen LogP contribution in [-0.2, 0) is 14.3 Å². The third-order valence-corrected chi connectivity index (χ3v) is 3.04. The van der Waals surface area contributed by atoms with Crippen LogP contribution in [0.5, 0.6) is 0 Å². The third-order valence-electron chi connectivity index (χ3n) is 3.04. The highest BCUT2D eigenvalue weighted by Crippen LogP contribution is 2.34. The Hall–Kier alpha value is -1.77. The molecular weight excluding hydrogens is 248 g/mol. The van der Waals surface area contributed by atoms with E-state index in [0.29, 0.717) is 19.4 Å². The zero-order valence-corrected chi connectivity index (χ0v) is 11.9. The molecule has 0 spiro atoms. The fourth-order valence-corrected chi connectivity index (χ4v) is 2.25. The molecule has 0 aromatic carbocycles. The summed E-state index contributed by atoms with van der Waals surface area (Å²) in [4.78, 5) is 25.5. The van der Waals surface area contributed by atoms with Crippen molar-refractivity contribution in [1.29, 1.82) is 5.26 Å². The van der Waals surface area contributed by atoms with E-state index in [1.807, 2.05) is 6.07 Å². The smallest absolute Gasteiger partial charge is 0.411 e. The monoisotopic (exact) mass is 268 g/mol. The van der Waals surface area contributed by atoms with Crippen molar-refractivity contribution in [3.05, 3.63) is 0 Å². The molecule has 106 valence electrons. The van der Waals surface area contributed by atoms with Crippen molar-refractivity contribution in [2.75, 3.05) is 13.7 Å². The predicted octanol–water partition coefficient (Wildman–Crippen LogP) is 1.84. The Morgan fingerprint density at radius 3 is 2.53 bits per heavy atom. The van der Waals surface area contributed by atoms with Gasteiger partial charge < -0.3 is 9.47 Å². The second-order valence-corrected chi connectivity index (χ2v) is 5.59. The number of methoxy groups -OCH3 is 1. The maximum atomic E-state index is 12.2. The number of rotatable bonds is 2. The zero-order valence-electron chi connectivity index (χ0n) is 11.9. The van der Waals surface area contributed by atoms with E-state index in [2.05, 4.69) is 0 Å². The van der Waals surface area contributed by atoms with Gasteiger partial charge in [-0.15, -0.1) is 0 Å². The Kier molecular flexibility index (Phi) is 4.40. The first kappa shape index (κ1) is 15.3. The van der Waals surface area contributed by atoms with Crippen LogP contribution in [0.4, 0.5) is 4.79 Å². The summed E-state index contributed by atoms with van der Waals surface area (Å²) in [5.41, 5.74) is -1.85. The van der Waals surface area contributed by atoms with Gasteiger partial charge in [0.15, 0.2) is 5.54 Å². The molecule has 1 rings (SSSR count). The van der Waals surface area contributed by atoms with Crippen LogP contribution in [0, 0.1) is 11.3 Å². The van der Waals surface area contributed by atoms with Gasteiger partial charge in [0.05, 0.1) is 19.6 Å². The molecule has 1 aliphatic rings. The number of hydrogen-bond acceptors (Lipinski definition) is 5. The van der Waals surface area contributed by atoms with Gasteiger partial charge >= 0.3 is 12.1 Å². The molecule has 6 heteroatoms. The summed E-state index contributed by atoms with van der Waals surface area (Å²) in [6.07, 6.45) is 0.409. The highest BCUT2D eigenvalue weighted by molar-refractivity contribution is 5.87. The van der Waals surface area contributed by atoms with E-state index in [4.69, 9.17) is 14.7 Å². The van der Waals surface area contributed by atoms with Crippen LogP contribution in [0.25, 0.3) is 0 Å². The average Bonchev–Trinajstić information content (AvgIpc) is 2.71. The lowest BCUT2D eigenvalue weighted by atomic mass is 9.93. The highest BCUT2D eigenvalue weighted by Gasteiger charge is 2.52. The molecule has 19 heavy (non-hydrogen) atoms. The van der Waals surface area contributed by atoms with Gasteiger partial charge in [-0.2, -0.15) is 5.26 Å². The van der Waals surface area contributed by atoms with Gasteiger partial charge in [0.1, 0.15) is 5.60 Å². The molecule has 0 aliphatic carbocycles. The summed E-state index contributed by atoms with van der Waals surface area (Å²) >= 11 is 0. The van der Waals surface area contributed by atoms with Crippen LogP contribution >= 0.6 is 0 Å². The first-order valence-corrected chi connectivity index (χ1v) is 6.23. The summed E-state index contributed by atoms with van der Waals surface area (Å²) in [5.74, 6) is -0.558. The van der Waals surface area contributed by atoms with Crippen molar-refractivity contribution in [2.24, 2.45) is 0 Å². The number of likely N-dealkylation sites (tertiary alicyclic amines) is 1. The van der Waals surface area contributed by atoms with Gasteiger partial charge in [0.25, 0.3) is 0 Å². The minimum atomic E-state index is -1.20. The number of carbonyl (C=O) groups excluding carboxylic acids is 2. The van der Waals surface area contributed by atoms with Crippen LogP contribution in [0.1, 0.15) is 40.0 Å². The van der Waals surface area contributed by atoms with E-state index in [9.17, 15) is 9.59 Å². The Morgan fingerprint density at radius 1 is 1.42 bits per heavy atom. The van der Waals surface area contributed by atoms with Crippen molar-refractivity contribution >= 4 is 12.1 Å². The summed E-state index contributed by atoms with van der Waals surface area (Å²) in [6, 6.07) is 1.96. The molecule has 1 unspecified atom stereocenters. The maximum absolute atomic E-state index is 12.2. The quantitative estimate of drug-likeness (QED) is 0.714. The van der Waals surface area contributed by atoms with Crippen LogP contribution in [0.15, 0.2) is 0 Å². The van der Waals surface area contributed by atoms with Gasteiger partial charge in [0.2, 0.25) is 0 Å². The number of nitrogens with zero attached hydrogens (tertiary/aromatic N) is 2. The van der Waals surface area contributed by atoms with Crippen LogP contribution in [0.2, 0.25) is 0 Å². The molecular formula is C13H20N2O4. The number of nitriles is 1. The Morgan fingerprint density at radius 2 is 2.05 bits per heavy atom. The summed E-state index contributed by atoms with van der Waals surface area (Å²) in [5, 5.41) is 8.93. The van der Waals surface area contributed by atoms with Crippen molar-refractivity contribution in [2.45, 2.75) is 51.2 Å². The fraction of sp³-hybridized carbons (Fsp3) is 0.769. The minimum Gasteiger partial charge on any atom is -0.467 e. The molecule has 0 radical (unpaired) electrons. The van der Waals surface area contributed by atoms with E-state index < -0.39 is 23.2 Å². The molecule has 6 nitrogen and oxygen atoms in total. The number of hydrogen-bond donors (Lipinski definition) is 0. The second kappa shape index (κ2) is 5.47. The molecule has 1 saturated heterocycles. The molecule has 0 bridgehead atoms. The summed E-state index contributed by atoms with van der Waals surface area (Å²) < 4.78 is 10.0. The van der Waals surface area contributed by atoms with Crippen molar-refractivity contribution in [1.82, 2.24) is 4.90 Å². The van der Waals surface area contributed by atoms with Crippen LogP contribution in [-0.4, -0.2) is 41.8 Å². The van der Waals surface area contributed by atoms with Crippen LogP contribution in [0.3, 0.4) is 0 Å². The molecule has 1 aliphatic heterocycles. The molecule has 0 N–H and O–H groups in total. The zero-order chi connectivity index (χ0) is 14.7. The van der Waals surface area contributed by atoms with Gasteiger partial charge in [-0.1, -0.05) is 0 Å². The van der Waals surface area contributed by atoms with E-state index in [1.165, 1.54) is 12.0 Å². The molecule has 1 atom stereocenters. The van der Waals surface area contributed by atoms with Crippen molar-refractivity contribution < 1.29 is 19.1 Å². The molecule has 0 saturated carbocycles. The Labute approximate surface area is 113 Å². The van der Waals surface area contributed by atoms with E-state index in [-0.39, 0.29) is 6.42 Å². The summed E-state index contributed by atoms with van der Waals surface area (Å²) in [7, 11) is 1.26. The summed E-state index contributed by atoms with van der Waals surface area (Å²) in [6.45, 7) is 5.66. The first-order chi connectivity index (χ1) is 8.77. The lowest BCUT2D eigenvalue weighted by Gasteiger charge is -2.35. The average molecular weight is 268 g/mol. The number of carbonyl (C=O) groups is 2. The van der Waals surface area contributed by atoms with Gasteiger partial charge in [-0.05, 0) is 33.6 Å². The van der Waals surface area contributed by atoms with Crippen molar-refractivity contribution in [3.8, 4) is 6.07 Å². The standard InChI is InChI=1S/C13H20N2O4/c1-12(2,3)19-11(17)15-9-5-6-13(15,7-8-14)10(16)18-4/h5-7,9H2,1-4H3. The minimum absolute atomic E-state index is 0.0844. The topological polar surface area (TPSA) is 79.6 Å². The second-order valence-electron chi connectivity index (χ2n) is 5.59. The molecule has 0 aromatic heterocycles. The molecule has 1 fully saturated rings. The first-order valence-electron chi connectivity index (χ1n) is 6.23. The SMILES string of the molecule is COC(=O)C1(CC#N)CCCN1C(=O)OC(C)(C)C. The lowest BCUT2D eigenvalue weighted by molar-refractivity contribution is -0.153.